The van der Waals surface area contributed by atoms with Crippen LogP contribution in [0.15, 0.2) is 102 Å². The van der Waals surface area contributed by atoms with Crippen molar-refractivity contribution in [3.05, 3.63) is 108 Å². The summed E-state index contributed by atoms with van der Waals surface area (Å²) < 4.78 is 0. The maximum Gasteiger partial charge on any atom is 0.224 e. The molecule has 0 aliphatic rings. The Hall–Kier alpha value is -2.91. The lowest BCUT2D eigenvalue weighted by Crippen LogP contribution is -2.02. The molecule has 3 heteroatoms. The van der Waals surface area contributed by atoms with Gasteiger partial charge in [-0.05, 0) is 35.5 Å². The minimum Gasteiger partial charge on any atom is -0.289 e. The summed E-state index contributed by atoms with van der Waals surface area (Å²) in [5, 5.41) is -0.151. The molecular weight excluding hydrogens is 328 g/mol. The van der Waals surface area contributed by atoms with Crippen molar-refractivity contribution in [1.82, 2.24) is 0 Å². The summed E-state index contributed by atoms with van der Waals surface area (Å²) in [5.41, 5.74) is 1.71. The van der Waals surface area contributed by atoms with E-state index in [2.05, 4.69) is 0 Å². The van der Waals surface area contributed by atoms with Crippen molar-refractivity contribution >= 4 is 28.2 Å². The number of hydrogen-bond acceptors (Lipinski definition) is 3. The molecule has 0 bridgehead atoms. The molecule has 0 fully saturated rings. The molecule has 0 aromatic heterocycles. The molecule has 3 rings (SSSR count). The average Bonchev–Trinajstić information content (AvgIpc) is 2.68. The number of ketones is 1. The molecule has 3 aromatic rings. The fourth-order valence-electron chi connectivity index (χ4n) is 2.35. The van der Waals surface area contributed by atoms with Gasteiger partial charge in [-0.25, -0.2) is 0 Å². The Balaban J connectivity index is 1.94. The molecule has 0 aliphatic carbocycles. The van der Waals surface area contributed by atoms with Crippen LogP contribution in [0.4, 0.5) is 0 Å². The van der Waals surface area contributed by atoms with Gasteiger partial charge in [0.15, 0.2) is 5.78 Å². The van der Waals surface area contributed by atoms with E-state index >= 15 is 0 Å². The third-order valence-corrected chi connectivity index (χ3v) is 4.51. The summed E-state index contributed by atoms with van der Waals surface area (Å²) >= 11 is 1.12. The zero-order chi connectivity index (χ0) is 17.5. The largest absolute Gasteiger partial charge is 0.289 e. The summed E-state index contributed by atoms with van der Waals surface area (Å²) in [6.45, 7) is 0. The summed E-state index contributed by atoms with van der Waals surface area (Å²) in [4.78, 5) is 26.2. The Morgan fingerprint density at radius 3 is 1.68 bits per heavy atom. The fourth-order valence-corrected chi connectivity index (χ4v) is 3.14. The van der Waals surface area contributed by atoms with E-state index in [9.17, 15) is 9.59 Å². The number of allylic oxidation sites excluding steroid dienone is 1. The van der Waals surface area contributed by atoms with Crippen LogP contribution in [0.25, 0.3) is 5.57 Å². The number of carbonyl (C=O) groups is 2. The van der Waals surface area contributed by atoms with Crippen LogP contribution >= 0.6 is 11.8 Å². The van der Waals surface area contributed by atoms with Crippen LogP contribution in [0.3, 0.4) is 0 Å². The molecule has 0 unspecified atom stereocenters. The van der Waals surface area contributed by atoms with Crippen LogP contribution in [0.2, 0.25) is 0 Å². The van der Waals surface area contributed by atoms with Gasteiger partial charge in [0.05, 0.1) is 0 Å². The van der Waals surface area contributed by atoms with Gasteiger partial charge in [-0.2, -0.15) is 0 Å². The topological polar surface area (TPSA) is 34.1 Å². The smallest absolute Gasteiger partial charge is 0.224 e. The van der Waals surface area contributed by atoms with Gasteiger partial charge in [0.1, 0.15) is 0 Å². The Bertz CT molecular complexity index is 885. The van der Waals surface area contributed by atoms with Gasteiger partial charge in [-0.3, -0.25) is 9.59 Å². The normalized spacial score (nSPS) is 11.1. The van der Waals surface area contributed by atoms with Gasteiger partial charge in [0.2, 0.25) is 5.12 Å². The van der Waals surface area contributed by atoms with Crippen LogP contribution in [-0.2, 0) is 4.79 Å². The van der Waals surface area contributed by atoms with Crippen molar-refractivity contribution in [2.24, 2.45) is 0 Å². The second-order valence-corrected chi connectivity index (χ2v) is 6.40. The van der Waals surface area contributed by atoms with Crippen LogP contribution in [0.5, 0.6) is 0 Å². The number of carbonyl (C=O) groups excluding carboxylic acids is 2. The van der Waals surface area contributed by atoms with E-state index in [1.165, 1.54) is 6.08 Å². The lowest BCUT2D eigenvalue weighted by molar-refractivity contribution is -0.106. The van der Waals surface area contributed by atoms with Crippen LogP contribution in [0.1, 0.15) is 15.9 Å². The minimum atomic E-state index is -0.179. The third-order valence-electron chi connectivity index (χ3n) is 3.59. The van der Waals surface area contributed by atoms with Gasteiger partial charge in [-0.1, -0.05) is 78.9 Å². The van der Waals surface area contributed by atoms with Crippen molar-refractivity contribution in [3.63, 3.8) is 0 Å². The quantitative estimate of drug-likeness (QED) is 0.359. The minimum absolute atomic E-state index is 0.151. The van der Waals surface area contributed by atoms with Crippen LogP contribution < -0.4 is 0 Å². The zero-order valence-corrected chi connectivity index (χ0v) is 14.3. The van der Waals surface area contributed by atoms with Crippen LogP contribution in [-0.4, -0.2) is 10.9 Å². The highest BCUT2D eigenvalue weighted by atomic mass is 32.2. The number of hydrogen-bond donors (Lipinski definition) is 0. The molecule has 0 atom stereocenters. The van der Waals surface area contributed by atoms with Crippen LogP contribution in [0, 0.1) is 0 Å². The van der Waals surface area contributed by atoms with E-state index in [1.807, 2.05) is 78.9 Å². The Kier molecular flexibility index (Phi) is 5.60. The number of benzene rings is 3. The maximum absolute atomic E-state index is 12.8. The molecule has 0 radical (unpaired) electrons. The van der Waals surface area contributed by atoms with E-state index < -0.39 is 0 Å². The zero-order valence-electron chi connectivity index (χ0n) is 13.5. The molecule has 3 aromatic carbocycles. The molecular formula is C22H16O2S. The lowest BCUT2D eigenvalue weighted by atomic mass is 10.0. The lowest BCUT2D eigenvalue weighted by Gasteiger charge is -2.07. The summed E-state index contributed by atoms with van der Waals surface area (Å²) in [7, 11) is 0. The first kappa shape index (κ1) is 16.9. The van der Waals surface area contributed by atoms with Gasteiger partial charge < -0.3 is 0 Å². The second-order valence-electron chi connectivity index (χ2n) is 5.36. The van der Waals surface area contributed by atoms with E-state index in [1.54, 1.807) is 12.1 Å². The molecule has 0 saturated carbocycles. The van der Waals surface area contributed by atoms with Gasteiger partial charge >= 0.3 is 0 Å². The molecule has 25 heavy (non-hydrogen) atoms. The molecule has 0 saturated heterocycles. The molecule has 122 valence electrons. The predicted molar refractivity (Wildman–Crippen MR) is 102 cm³/mol. The molecule has 0 aliphatic heterocycles. The van der Waals surface area contributed by atoms with E-state index in [0.29, 0.717) is 11.1 Å². The SMILES string of the molecule is O=C(Sc1ccccc1)/C(=C/C(=O)c1ccccc1)c1ccccc1. The monoisotopic (exact) mass is 344 g/mol. The first-order chi connectivity index (χ1) is 12.2. The fraction of sp³-hybridized carbons (Fsp3) is 0. The Morgan fingerprint density at radius 1 is 0.640 bits per heavy atom. The molecule has 2 nitrogen and oxygen atoms in total. The first-order valence-corrected chi connectivity index (χ1v) is 8.69. The van der Waals surface area contributed by atoms with Gasteiger partial charge in [-0.15, -0.1) is 0 Å². The molecule has 0 amide bonds. The standard InChI is InChI=1S/C22H16O2S/c23-21(18-12-6-2-7-13-18)16-20(17-10-4-1-5-11-17)22(24)25-19-14-8-3-9-15-19/h1-16H/b20-16+. The van der Waals surface area contributed by atoms with Crippen molar-refractivity contribution in [3.8, 4) is 0 Å². The Labute approximate surface area is 151 Å². The Morgan fingerprint density at radius 2 is 1.12 bits per heavy atom. The average molecular weight is 344 g/mol. The highest BCUT2D eigenvalue weighted by molar-refractivity contribution is 8.14. The summed E-state index contributed by atoms with van der Waals surface area (Å²) in [5.74, 6) is -0.179. The van der Waals surface area contributed by atoms with E-state index in [4.69, 9.17) is 0 Å². The molecule has 0 N–H and O–H groups in total. The van der Waals surface area contributed by atoms with Crippen molar-refractivity contribution < 1.29 is 9.59 Å². The molecule has 0 heterocycles. The van der Waals surface area contributed by atoms with Crippen molar-refractivity contribution in [2.45, 2.75) is 4.90 Å². The van der Waals surface area contributed by atoms with Crippen molar-refractivity contribution in [1.29, 1.82) is 0 Å². The number of thioether (sulfide) groups is 1. The highest BCUT2D eigenvalue weighted by Crippen LogP contribution is 2.27. The maximum atomic E-state index is 12.8. The predicted octanol–water partition coefficient (Wildman–Crippen LogP) is 5.27. The highest BCUT2D eigenvalue weighted by Gasteiger charge is 2.16. The summed E-state index contributed by atoms with van der Waals surface area (Å²) in [6.07, 6.45) is 1.43. The van der Waals surface area contributed by atoms with E-state index in [-0.39, 0.29) is 10.9 Å². The third kappa shape index (κ3) is 4.55. The van der Waals surface area contributed by atoms with Crippen molar-refractivity contribution in [2.75, 3.05) is 0 Å². The number of rotatable bonds is 5. The van der Waals surface area contributed by atoms with Gasteiger partial charge in [0, 0.05) is 16.0 Å². The van der Waals surface area contributed by atoms with Gasteiger partial charge in [0.25, 0.3) is 0 Å². The molecule has 0 spiro atoms. The first-order valence-electron chi connectivity index (χ1n) is 7.88. The summed E-state index contributed by atoms with van der Waals surface area (Å²) in [6, 6.07) is 27.7. The van der Waals surface area contributed by atoms with E-state index in [0.717, 1.165) is 22.2 Å². The second kappa shape index (κ2) is 8.27.